The Labute approximate surface area is 134 Å². The Kier molecular flexibility index (Phi) is 4.10. The molecule has 0 saturated carbocycles. The van der Waals surface area contributed by atoms with Crippen molar-refractivity contribution >= 4 is 11.9 Å². The predicted octanol–water partition coefficient (Wildman–Crippen LogP) is 2.60. The molecule has 1 aromatic heterocycles. The molecule has 1 unspecified atom stereocenters. The minimum absolute atomic E-state index is 0.157. The summed E-state index contributed by atoms with van der Waals surface area (Å²) in [6.45, 7) is 2.77. The van der Waals surface area contributed by atoms with E-state index in [1.807, 2.05) is 37.3 Å². The number of hydrogen-bond donors (Lipinski definition) is 1. The van der Waals surface area contributed by atoms with Gasteiger partial charge in [0.2, 0.25) is 0 Å². The van der Waals surface area contributed by atoms with Crippen LogP contribution in [0, 0.1) is 12.8 Å². The second kappa shape index (κ2) is 6.20. The minimum atomic E-state index is -0.841. The van der Waals surface area contributed by atoms with Gasteiger partial charge in [0.25, 0.3) is 5.91 Å². The van der Waals surface area contributed by atoms with E-state index in [1.165, 1.54) is 11.8 Å². The molecule has 2 heterocycles. The maximum absolute atomic E-state index is 12.5. The Balaban J connectivity index is 1.81. The first-order chi connectivity index (χ1) is 11.0. The first-order valence-corrected chi connectivity index (χ1v) is 7.59. The molecule has 1 fully saturated rings. The fraction of sp³-hybridized carbons (Fsp3) is 0.278. The molecular weight excluding hydrogens is 292 g/mol. The standard InChI is InChI=1S/C18H18N2O3/c1-12-2-4-13(5-3-12)15-8-16(10-19-9-15)17(21)20-7-6-14(11-20)18(22)23/h2-5,8-10,14H,6-7,11H2,1H3,(H,22,23). The number of carboxylic acid groups (broad SMARTS) is 1. The van der Waals surface area contributed by atoms with Gasteiger partial charge < -0.3 is 10.0 Å². The van der Waals surface area contributed by atoms with Crippen molar-refractivity contribution in [3.63, 3.8) is 0 Å². The third-order valence-corrected chi connectivity index (χ3v) is 4.19. The molecule has 1 aromatic carbocycles. The third kappa shape index (κ3) is 3.23. The monoisotopic (exact) mass is 310 g/mol. The van der Waals surface area contributed by atoms with E-state index in [-0.39, 0.29) is 12.5 Å². The molecule has 1 amide bonds. The number of aromatic nitrogens is 1. The van der Waals surface area contributed by atoms with Crippen LogP contribution < -0.4 is 0 Å². The molecule has 0 radical (unpaired) electrons. The Morgan fingerprint density at radius 2 is 1.91 bits per heavy atom. The predicted molar refractivity (Wildman–Crippen MR) is 86.1 cm³/mol. The number of amides is 1. The summed E-state index contributed by atoms with van der Waals surface area (Å²) in [6, 6.07) is 9.84. The molecule has 23 heavy (non-hydrogen) atoms. The normalized spacial score (nSPS) is 17.3. The summed E-state index contributed by atoms with van der Waals surface area (Å²) in [7, 11) is 0. The van der Waals surface area contributed by atoms with Crippen LogP contribution in [0.5, 0.6) is 0 Å². The smallest absolute Gasteiger partial charge is 0.308 e. The molecule has 1 N–H and O–H groups in total. The van der Waals surface area contributed by atoms with E-state index in [4.69, 9.17) is 5.11 Å². The molecule has 3 rings (SSSR count). The Morgan fingerprint density at radius 3 is 2.57 bits per heavy atom. The van der Waals surface area contributed by atoms with Crippen molar-refractivity contribution in [3.05, 3.63) is 53.9 Å². The number of nitrogens with zero attached hydrogens (tertiary/aromatic N) is 2. The number of likely N-dealkylation sites (tertiary alicyclic amines) is 1. The van der Waals surface area contributed by atoms with E-state index in [2.05, 4.69) is 4.98 Å². The molecule has 1 saturated heterocycles. The lowest BCUT2D eigenvalue weighted by molar-refractivity contribution is -0.141. The van der Waals surface area contributed by atoms with Crippen LogP contribution in [0.25, 0.3) is 11.1 Å². The zero-order chi connectivity index (χ0) is 16.4. The van der Waals surface area contributed by atoms with Gasteiger partial charge in [0.1, 0.15) is 0 Å². The average Bonchev–Trinajstić information content (AvgIpc) is 3.05. The summed E-state index contributed by atoms with van der Waals surface area (Å²) in [4.78, 5) is 29.3. The summed E-state index contributed by atoms with van der Waals surface area (Å²) in [5, 5.41) is 9.05. The first kappa shape index (κ1) is 15.2. The van der Waals surface area contributed by atoms with Crippen LogP contribution >= 0.6 is 0 Å². The summed E-state index contributed by atoms with van der Waals surface area (Å²) in [5.41, 5.74) is 3.55. The zero-order valence-electron chi connectivity index (χ0n) is 12.9. The number of pyridine rings is 1. The molecule has 5 nitrogen and oxygen atoms in total. The summed E-state index contributed by atoms with van der Waals surface area (Å²) < 4.78 is 0. The fourth-order valence-electron chi connectivity index (χ4n) is 2.79. The van der Waals surface area contributed by atoms with Crippen molar-refractivity contribution in [2.75, 3.05) is 13.1 Å². The molecule has 0 bridgehead atoms. The zero-order valence-corrected chi connectivity index (χ0v) is 12.9. The van der Waals surface area contributed by atoms with Gasteiger partial charge in [-0.05, 0) is 25.0 Å². The number of aliphatic carboxylic acids is 1. The van der Waals surface area contributed by atoms with Crippen LogP contribution in [0.3, 0.4) is 0 Å². The van der Waals surface area contributed by atoms with Gasteiger partial charge in [-0.25, -0.2) is 0 Å². The van der Waals surface area contributed by atoms with Gasteiger partial charge in [-0.2, -0.15) is 0 Å². The van der Waals surface area contributed by atoms with E-state index in [9.17, 15) is 9.59 Å². The number of carboxylic acids is 1. The summed E-state index contributed by atoms with van der Waals surface area (Å²) >= 11 is 0. The van der Waals surface area contributed by atoms with E-state index in [0.717, 1.165) is 11.1 Å². The molecule has 1 aliphatic heterocycles. The van der Waals surface area contributed by atoms with Crippen LogP contribution in [-0.4, -0.2) is 40.0 Å². The highest BCUT2D eigenvalue weighted by Crippen LogP contribution is 2.23. The van der Waals surface area contributed by atoms with Crippen molar-refractivity contribution < 1.29 is 14.7 Å². The number of carbonyl (C=O) groups excluding carboxylic acids is 1. The van der Waals surface area contributed by atoms with Crippen molar-refractivity contribution in [2.24, 2.45) is 5.92 Å². The Hall–Kier alpha value is -2.69. The third-order valence-electron chi connectivity index (χ3n) is 4.19. The van der Waals surface area contributed by atoms with Crippen molar-refractivity contribution in [1.82, 2.24) is 9.88 Å². The highest BCUT2D eigenvalue weighted by Gasteiger charge is 2.31. The first-order valence-electron chi connectivity index (χ1n) is 7.59. The largest absolute Gasteiger partial charge is 0.481 e. The van der Waals surface area contributed by atoms with Gasteiger partial charge in [0.05, 0.1) is 11.5 Å². The number of rotatable bonds is 3. The molecule has 1 atom stereocenters. The maximum Gasteiger partial charge on any atom is 0.308 e. The molecule has 2 aromatic rings. The van der Waals surface area contributed by atoms with Crippen molar-refractivity contribution in [3.8, 4) is 11.1 Å². The number of benzene rings is 1. The highest BCUT2D eigenvalue weighted by molar-refractivity contribution is 5.95. The van der Waals surface area contributed by atoms with Gasteiger partial charge in [0, 0.05) is 31.0 Å². The van der Waals surface area contributed by atoms with Crippen LogP contribution in [0.1, 0.15) is 22.3 Å². The summed E-state index contributed by atoms with van der Waals surface area (Å²) in [5.74, 6) is -1.46. The van der Waals surface area contributed by atoms with E-state index >= 15 is 0 Å². The lowest BCUT2D eigenvalue weighted by Gasteiger charge is -2.16. The fourth-order valence-corrected chi connectivity index (χ4v) is 2.79. The van der Waals surface area contributed by atoms with Gasteiger partial charge in [0.15, 0.2) is 0 Å². The minimum Gasteiger partial charge on any atom is -0.481 e. The van der Waals surface area contributed by atoms with Crippen LogP contribution in [0.4, 0.5) is 0 Å². The molecule has 1 aliphatic rings. The molecule has 118 valence electrons. The van der Waals surface area contributed by atoms with E-state index in [0.29, 0.717) is 18.5 Å². The van der Waals surface area contributed by atoms with Crippen LogP contribution in [0.2, 0.25) is 0 Å². The number of hydrogen-bond acceptors (Lipinski definition) is 3. The van der Waals surface area contributed by atoms with E-state index in [1.54, 1.807) is 11.1 Å². The van der Waals surface area contributed by atoms with Crippen molar-refractivity contribution in [2.45, 2.75) is 13.3 Å². The summed E-state index contributed by atoms with van der Waals surface area (Å²) in [6.07, 6.45) is 3.77. The second-order valence-electron chi connectivity index (χ2n) is 5.90. The number of carbonyl (C=O) groups is 2. The van der Waals surface area contributed by atoms with Crippen LogP contribution in [0.15, 0.2) is 42.7 Å². The quantitative estimate of drug-likeness (QED) is 0.946. The van der Waals surface area contributed by atoms with E-state index < -0.39 is 11.9 Å². The van der Waals surface area contributed by atoms with Gasteiger partial charge >= 0.3 is 5.97 Å². The average molecular weight is 310 g/mol. The van der Waals surface area contributed by atoms with Crippen molar-refractivity contribution in [1.29, 1.82) is 0 Å². The van der Waals surface area contributed by atoms with Crippen LogP contribution in [-0.2, 0) is 4.79 Å². The lowest BCUT2D eigenvalue weighted by atomic mass is 10.0. The van der Waals surface area contributed by atoms with Gasteiger partial charge in [-0.15, -0.1) is 0 Å². The van der Waals surface area contributed by atoms with Gasteiger partial charge in [-0.1, -0.05) is 29.8 Å². The lowest BCUT2D eigenvalue weighted by Crippen LogP contribution is -2.30. The highest BCUT2D eigenvalue weighted by atomic mass is 16.4. The molecule has 0 aliphatic carbocycles. The maximum atomic E-state index is 12.5. The topological polar surface area (TPSA) is 70.5 Å². The second-order valence-corrected chi connectivity index (χ2v) is 5.90. The number of aryl methyl sites for hydroxylation is 1. The molecule has 0 spiro atoms. The molecule has 5 heteroatoms. The molecular formula is C18H18N2O3. The van der Waals surface area contributed by atoms with Gasteiger partial charge in [-0.3, -0.25) is 14.6 Å². The Bertz CT molecular complexity index is 740. The SMILES string of the molecule is Cc1ccc(-c2cncc(C(=O)N3CCC(C(=O)O)C3)c2)cc1. The Morgan fingerprint density at radius 1 is 1.17 bits per heavy atom.